The monoisotopic (exact) mass is 227 g/mol. The SMILES string of the molecule is CCC(=O)N(C)C1CCC(C(=O)OC)CC1. The maximum absolute atomic E-state index is 11.5. The van der Waals surface area contributed by atoms with Crippen molar-refractivity contribution in [1.82, 2.24) is 4.90 Å². The summed E-state index contributed by atoms with van der Waals surface area (Å²) in [6, 6.07) is 0.299. The average molecular weight is 227 g/mol. The molecule has 0 spiro atoms. The molecule has 1 aliphatic carbocycles. The Kier molecular flexibility index (Phi) is 4.77. The lowest BCUT2D eigenvalue weighted by atomic mass is 9.85. The standard InChI is InChI=1S/C12H21NO3/c1-4-11(14)13(2)10-7-5-9(6-8-10)12(15)16-3/h9-10H,4-8H2,1-3H3. The molecular weight excluding hydrogens is 206 g/mol. The molecule has 4 nitrogen and oxygen atoms in total. The van der Waals surface area contributed by atoms with E-state index in [-0.39, 0.29) is 17.8 Å². The van der Waals surface area contributed by atoms with Gasteiger partial charge in [0.2, 0.25) is 5.91 Å². The number of carbonyl (C=O) groups is 2. The quantitative estimate of drug-likeness (QED) is 0.688. The van der Waals surface area contributed by atoms with Crippen LogP contribution >= 0.6 is 0 Å². The molecule has 0 aromatic carbocycles. The van der Waals surface area contributed by atoms with E-state index in [1.54, 1.807) is 0 Å². The van der Waals surface area contributed by atoms with Crippen molar-refractivity contribution < 1.29 is 14.3 Å². The maximum atomic E-state index is 11.5. The van der Waals surface area contributed by atoms with Crippen molar-refractivity contribution in [2.24, 2.45) is 5.92 Å². The Morgan fingerprint density at radius 2 is 1.81 bits per heavy atom. The van der Waals surface area contributed by atoms with Gasteiger partial charge in [0.05, 0.1) is 13.0 Å². The molecule has 0 atom stereocenters. The van der Waals surface area contributed by atoms with Gasteiger partial charge in [-0.1, -0.05) is 6.92 Å². The molecule has 1 aliphatic rings. The van der Waals surface area contributed by atoms with Crippen LogP contribution in [0, 0.1) is 5.92 Å². The van der Waals surface area contributed by atoms with E-state index in [1.807, 2.05) is 18.9 Å². The van der Waals surface area contributed by atoms with Crippen LogP contribution in [0.4, 0.5) is 0 Å². The van der Waals surface area contributed by atoms with Gasteiger partial charge in [0.15, 0.2) is 0 Å². The van der Waals surface area contributed by atoms with E-state index < -0.39 is 0 Å². The summed E-state index contributed by atoms with van der Waals surface area (Å²) < 4.78 is 4.73. The first-order chi connectivity index (χ1) is 7.60. The van der Waals surface area contributed by atoms with Gasteiger partial charge in [-0.2, -0.15) is 0 Å². The van der Waals surface area contributed by atoms with Crippen LogP contribution in [0.1, 0.15) is 39.0 Å². The molecule has 0 bridgehead atoms. The van der Waals surface area contributed by atoms with Crippen LogP contribution in [-0.2, 0) is 14.3 Å². The Morgan fingerprint density at radius 1 is 1.25 bits per heavy atom. The Labute approximate surface area is 96.9 Å². The first-order valence-corrected chi connectivity index (χ1v) is 5.93. The minimum Gasteiger partial charge on any atom is -0.469 e. The van der Waals surface area contributed by atoms with Crippen molar-refractivity contribution in [1.29, 1.82) is 0 Å². The summed E-state index contributed by atoms with van der Waals surface area (Å²) in [5.41, 5.74) is 0. The first kappa shape index (κ1) is 13.0. The number of hydrogen-bond donors (Lipinski definition) is 0. The second-order valence-corrected chi connectivity index (χ2v) is 4.39. The van der Waals surface area contributed by atoms with Gasteiger partial charge in [-0.25, -0.2) is 0 Å². The Bertz CT molecular complexity index is 257. The molecule has 1 saturated carbocycles. The van der Waals surface area contributed by atoms with Crippen LogP contribution in [0.25, 0.3) is 0 Å². The van der Waals surface area contributed by atoms with Crippen molar-refractivity contribution >= 4 is 11.9 Å². The van der Waals surface area contributed by atoms with Crippen LogP contribution in [0.2, 0.25) is 0 Å². The smallest absolute Gasteiger partial charge is 0.308 e. The third-order valence-electron chi connectivity index (χ3n) is 3.47. The molecule has 1 amide bonds. The highest BCUT2D eigenvalue weighted by atomic mass is 16.5. The van der Waals surface area contributed by atoms with Gasteiger partial charge in [0.1, 0.15) is 0 Å². The van der Waals surface area contributed by atoms with Crippen molar-refractivity contribution in [3.05, 3.63) is 0 Å². The summed E-state index contributed by atoms with van der Waals surface area (Å²) >= 11 is 0. The molecule has 0 aromatic heterocycles. The molecule has 1 rings (SSSR count). The molecule has 1 fully saturated rings. The minimum absolute atomic E-state index is 0.0337. The lowest BCUT2D eigenvalue weighted by Crippen LogP contribution is -2.40. The maximum Gasteiger partial charge on any atom is 0.308 e. The third-order valence-corrected chi connectivity index (χ3v) is 3.47. The highest BCUT2D eigenvalue weighted by Crippen LogP contribution is 2.28. The predicted octanol–water partition coefficient (Wildman–Crippen LogP) is 1.59. The van der Waals surface area contributed by atoms with Crippen molar-refractivity contribution in [2.75, 3.05) is 14.2 Å². The summed E-state index contributed by atoms with van der Waals surface area (Å²) in [7, 11) is 3.29. The van der Waals surface area contributed by atoms with Crippen LogP contribution in [0.15, 0.2) is 0 Å². The lowest BCUT2D eigenvalue weighted by molar-refractivity contribution is -0.147. The number of amides is 1. The molecule has 4 heteroatoms. The van der Waals surface area contributed by atoms with Gasteiger partial charge in [-0.05, 0) is 25.7 Å². The average Bonchev–Trinajstić information content (AvgIpc) is 2.36. The summed E-state index contributed by atoms with van der Waals surface area (Å²) in [6.07, 6.45) is 4.02. The fourth-order valence-corrected chi connectivity index (χ4v) is 2.32. The van der Waals surface area contributed by atoms with Crippen molar-refractivity contribution in [3.8, 4) is 0 Å². The van der Waals surface area contributed by atoms with E-state index in [2.05, 4.69) is 0 Å². The van der Waals surface area contributed by atoms with Crippen LogP contribution in [0.3, 0.4) is 0 Å². The zero-order valence-corrected chi connectivity index (χ0v) is 10.4. The molecule has 16 heavy (non-hydrogen) atoms. The topological polar surface area (TPSA) is 46.6 Å². The number of ether oxygens (including phenoxy) is 1. The van der Waals surface area contributed by atoms with Gasteiger partial charge in [0, 0.05) is 19.5 Å². The van der Waals surface area contributed by atoms with E-state index in [9.17, 15) is 9.59 Å². The number of rotatable bonds is 3. The normalized spacial score (nSPS) is 24.9. The molecule has 0 aliphatic heterocycles. The van der Waals surface area contributed by atoms with Crippen molar-refractivity contribution in [3.63, 3.8) is 0 Å². The molecule has 0 aromatic rings. The molecule has 0 N–H and O–H groups in total. The molecule has 0 unspecified atom stereocenters. The van der Waals surface area contributed by atoms with Gasteiger partial charge in [-0.3, -0.25) is 9.59 Å². The Hall–Kier alpha value is -1.06. The van der Waals surface area contributed by atoms with Crippen LogP contribution < -0.4 is 0 Å². The fraction of sp³-hybridized carbons (Fsp3) is 0.833. The summed E-state index contributed by atoms with van der Waals surface area (Å²) in [5, 5.41) is 0. The Morgan fingerprint density at radius 3 is 2.25 bits per heavy atom. The largest absolute Gasteiger partial charge is 0.469 e. The van der Waals surface area contributed by atoms with Gasteiger partial charge < -0.3 is 9.64 Å². The molecule has 0 saturated heterocycles. The second kappa shape index (κ2) is 5.87. The zero-order valence-electron chi connectivity index (χ0n) is 10.4. The summed E-state index contributed by atoms with van der Waals surface area (Å²) in [5.74, 6) is 0.107. The van der Waals surface area contributed by atoms with E-state index in [4.69, 9.17) is 4.74 Å². The van der Waals surface area contributed by atoms with Crippen LogP contribution in [-0.4, -0.2) is 37.0 Å². The minimum atomic E-state index is -0.108. The first-order valence-electron chi connectivity index (χ1n) is 5.93. The zero-order chi connectivity index (χ0) is 12.1. The lowest BCUT2D eigenvalue weighted by Gasteiger charge is -2.33. The predicted molar refractivity (Wildman–Crippen MR) is 60.8 cm³/mol. The molecule has 92 valence electrons. The van der Waals surface area contributed by atoms with Crippen molar-refractivity contribution in [2.45, 2.75) is 45.1 Å². The number of methoxy groups -OCH3 is 1. The van der Waals surface area contributed by atoms with Gasteiger partial charge in [-0.15, -0.1) is 0 Å². The van der Waals surface area contributed by atoms with Crippen LogP contribution in [0.5, 0.6) is 0 Å². The number of carbonyl (C=O) groups excluding carboxylic acids is 2. The van der Waals surface area contributed by atoms with E-state index >= 15 is 0 Å². The van der Waals surface area contributed by atoms with E-state index in [0.717, 1.165) is 25.7 Å². The van der Waals surface area contributed by atoms with Gasteiger partial charge >= 0.3 is 5.97 Å². The number of nitrogens with zero attached hydrogens (tertiary/aromatic N) is 1. The van der Waals surface area contributed by atoms with E-state index in [0.29, 0.717) is 12.5 Å². The number of esters is 1. The van der Waals surface area contributed by atoms with Gasteiger partial charge in [0.25, 0.3) is 0 Å². The highest BCUT2D eigenvalue weighted by Gasteiger charge is 2.29. The molecule has 0 heterocycles. The fourth-order valence-electron chi connectivity index (χ4n) is 2.32. The third kappa shape index (κ3) is 2.97. The second-order valence-electron chi connectivity index (χ2n) is 4.39. The summed E-state index contributed by atoms with van der Waals surface area (Å²) in [4.78, 5) is 24.7. The van der Waals surface area contributed by atoms with E-state index in [1.165, 1.54) is 7.11 Å². The summed E-state index contributed by atoms with van der Waals surface area (Å²) in [6.45, 7) is 1.87. The number of hydrogen-bond acceptors (Lipinski definition) is 3. The Balaban J connectivity index is 2.42. The molecule has 0 radical (unpaired) electrons. The molecular formula is C12H21NO3. The highest BCUT2D eigenvalue weighted by molar-refractivity contribution is 5.76.